The zero-order valence-corrected chi connectivity index (χ0v) is 23.6. The molecule has 2 aliphatic rings. The molecule has 2 fully saturated rings. The summed E-state index contributed by atoms with van der Waals surface area (Å²) in [5, 5.41) is 4.90. The van der Waals surface area contributed by atoms with Crippen LogP contribution in [0.25, 0.3) is 0 Å². The van der Waals surface area contributed by atoms with E-state index in [1.54, 1.807) is 18.7 Å². The average molecular weight is 583 g/mol. The van der Waals surface area contributed by atoms with Crippen LogP contribution in [0.5, 0.6) is 0 Å². The number of benzene rings is 1. The third-order valence-corrected chi connectivity index (χ3v) is 7.28. The van der Waals surface area contributed by atoms with Crippen molar-refractivity contribution >= 4 is 29.4 Å². The van der Waals surface area contributed by atoms with Gasteiger partial charge in [-0.25, -0.2) is 0 Å². The summed E-state index contributed by atoms with van der Waals surface area (Å²) in [4.78, 5) is 67.0. The lowest BCUT2D eigenvalue weighted by molar-refractivity contribution is -0.175. The molecule has 0 aliphatic carbocycles. The first-order valence-corrected chi connectivity index (χ1v) is 13.7. The predicted molar refractivity (Wildman–Crippen MR) is 142 cm³/mol. The standard InChI is InChI=1S/C28H37F3N4O6/c1-16(2)21(23(36)28(29,30)31)32-25(38)20-6-5-11-35(20)27(40)22(17(3)4)33-24(37)18-7-9-19(10-8-18)26(39)34-12-14-41-15-13-34/h7-10,16-17,20-22H,5-6,11-15H2,1-4H3,(H,32,38)(H,33,37)/t20-,21-,22-/m0/s1. The topological polar surface area (TPSA) is 125 Å². The summed E-state index contributed by atoms with van der Waals surface area (Å²) in [7, 11) is 0. The fourth-order valence-electron chi connectivity index (χ4n) is 4.89. The second-order valence-electron chi connectivity index (χ2n) is 11.0. The number of nitrogens with one attached hydrogen (secondary N) is 2. The molecule has 13 heteroatoms. The van der Waals surface area contributed by atoms with Crippen LogP contribution >= 0.6 is 0 Å². The third kappa shape index (κ3) is 7.84. The molecule has 2 aliphatic heterocycles. The van der Waals surface area contributed by atoms with E-state index in [0.29, 0.717) is 38.3 Å². The molecule has 0 spiro atoms. The average Bonchev–Trinajstić information content (AvgIpc) is 3.43. The second kappa shape index (κ2) is 13.5. The zero-order valence-electron chi connectivity index (χ0n) is 23.6. The quantitative estimate of drug-likeness (QED) is 0.460. The number of hydrogen-bond acceptors (Lipinski definition) is 6. The molecule has 0 bridgehead atoms. The van der Waals surface area contributed by atoms with Gasteiger partial charge in [0.15, 0.2) is 0 Å². The first-order valence-electron chi connectivity index (χ1n) is 13.7. The largest absolute Gasteiger partial charge is 0.452 e. The molecule has 1 aromatic carbocycles. The van der Waals surface area contributed by atoms with Gasteiger partial charge in [0.1, 0.15) is 12.1 Å². The number of morpholine rings is 1. The number of alkyl halides is 3. The minimum absolute atomic E-state index is 0.175. The molecule has 41 heavy (non-hydrogen) atoms. The lowest BCUT2D eigenvalue weighted by atomic mass is 9.98. The lowest BCUT2D eigenvalue weighted by Crippen LogP contribution is -2.58. The normalized spacial score (nSPS) is 19.2. The summed E-state index contributed by atoms with van der Waals surface area (Å²) in [6.45, 7) is 8.26. The lowest BCUT2D eigenvalue weighted by Gasteiger charge is -2.32. The van der Waals surface area contributed by atoms with Crippen LogP contribution in [0.1, 0.15) is 61.3 Å². The van der Waals surface area contributed by atoms with Crippen LogP contribution in [-0.2, 0) is 19.1 Å². The molecule has 0 unspecified atom stereocenters. The van der Waals surface area contributed by atoms with Crippen molar-refractivity contribution in [1.82, 2.24) is 20.4 Å². The number of likely N-dealkylation sites (tertiary alicyclic amines) is 1. The van der Waals surface area contributed by atoms with Gasteiger partial charge in [-0.3, -0.25) is 24.0 Å². The summed E-state index contributed by atoms with van der Waals surface area (Å²) < 4.78 is 44.5. The SMILES string of the molecule is CC(C)[C@H](NC(=O)c1ccc(C(=O)N2CCOCC2)cc1)C(=O)N1CCC[C@H]1C(=O)N[C@H](C(=O)C(F)(F)F)C(C)C. The Morgan fingerprint density at radius 2 is 1.41 bits per heavy atom. The van der Waals surface area contributed by atoms with Crippen LogP contribution in [0.15, 0.2) is 24.3 Å². The molecular weight excluding hydrogens is 545 g/mol. The van der Waals surface area contributed by atoms with Gasteiger partial charge in [-0.2, -0.15) is 13.2 Å². The maximum atomic E-state index is 13.5. The molecule has 2 N–H and O–H groups in total. The molecule has 0 radical (unpaired) electrons. The van der Waals surface area contributed by atoms with E-state index in [9.17, 15) is 37.1 Å². The van der Waals surface area contributed by atoms with Gasteiger partial charge in [-0.05, 0) is 48.9 Å². The van der Waals surface area contributed by atoms with Crippen molar-refractivity contribution in [3.05, 3.63) is 35.4 Å². The van der Waals surface area contributed by atoms with E-state index in [0.717, 1.165) is 0 Å². The van der Waals surface area contributed by atoms with E-state index < -0.39 is 53.7 Å². The molecule has 3 atom stereocenters. The Labute approximate surface area is 236 Å². The Kier molecular flexibility index (Phi) is 10.5. The van der Waals surface area contributed by atoms with Crippen LogP contribution in [-0.4, -0.2) is 96.4 Å². The van der Waals surface area contributed by atoms with Crippen LogP contribution in [0.2, 0.25) is 0 Å². The molecule has 4 amide bonds. The summed E-state index contributed by atoms with van der Waals surface area (Å²) in [6.07, 6.45) is -4.48. The zero-order chi connectivity index (χ0) is 30.5. The van der Waals surface area contributed by atoms with Crippen molar-refractivity contribution in [2.24, 2.45) is 11.8 Å². The molecule has 10 nitrogen and oxygen atoms in total. The highest BCUT2D eigenvalue weighted by Crippen LogP contribution is 2.24. The molecule has 2 heterocycles. The van der Waals surface area contributed by atoms with Crippen molar-refractivity contribution in [1.29, 1.82) is 0 Å². The molecule has 0 aromatic heterocycles. The van der Waals surface area contributed by atoms with E-state index in [2.05, 4.69) is 10.6 Å². The third-order valence-electron chi connectivity index (χ3n) is 7.28. The van der Waals surface area contributed by atoms with Crippen molar-refractivity contribution < 1.29 is 41.9 Å². The number of Topliss-reactive ketones (excluding diaryl/α,β-unsaturated/α-hetero) is 1. The molecule has 2 saturated heterocycles. The summed E-state index contributed by atoms with van der Waals surface area (Å²) in [5.41, 5.74) is 0.637. The van der Waals surface area contributed by atoms with Crippen LogP contribution < -0.4 is 10.6 Å². The number of rotatable bonds is 9. The number of carbonyl (C=O) groups is 5. The highest BCUT2D eigenvalue weighted by molar-refractivity contribution is 6.00. The maximum absolute atomic E-state index is 13.5. The van der Waals surface area contributed by atoms with Gasteiger partial charge in [0.05, 0.1) is 19.3 Å². The van der Waals surface area contributed by atoms with Gasteiger partial charge in [0.2, 0.25) is 11.8 Å². The Balaban J connectivity index is 1.69. The van der Waals surface area contributed by atoms with Gasteiger partial charge in [-0.15, -0.1) is 0 Å². The van der Waals surface area contributed by atoms with Crippen LogP contribution in [0.4, 0.5) is 13.2 Å². The number of nitrogens with zero attached hydrogens (tertiary/aromatic N) is 2. The van der Waals surface area contributed by atoms with Gasteiger partial charge in [0, 0.05) is 30.8 Å². The van der Waals surface area contributed by atoms with E-state index in [-0.39, 0.29) is 30.4 Å². The molecule has 0 saturated carbocycles. The predicted octanol–water partition coefficient (Wildman–Crippen LogP) is 2.18. The number of carbonyl (C=O) groups excluding carboxylic acids is 5. The van der Waals surface area contributed by atoms with Crippen molar-refractivity contribution in [2.75, 3.05) is 32.8 Å². The van der Waals surface area contributed by atoms with Gasteiger partial charge >= 0.3 is 6.18 Å². The molecule has 1 aromatic rings. The Morgan fingerprint density at radius 1 is 0.854 bits per heavy atom. The molecular formula is C28H37F3N4O6. The van der Waals surface area contributed by atoms with Gasteiger partial charge < -0.3 is 25.2 Å². The van der Waals surface area contributed by atoms with Crippen molar-refractivity contribution in [3.63, 3.8) is 0 Å². The van der Waals surface area contributed by atoms with E-state index in [4.69, 9.17) is 4.74 Å². The summed E-state index contributed by atoms with van der Waals surface area (Å²) in [6, 6.07) is 2.16. The Bertz CT molecular complexity index is 1130. The number of amides is 4. The second-order valence-corrected chi connectivity index (χ2v) is 11.0. The Hall–Kier alpha value is -3.48. The maximum Gasteiger partial charge on any atom is 0.452 e. The molecule has 3 rings (SSSR count). The van der Waals surface area contributed by atoms with Crippen molar-refractivity contribution in [2.45, 2.75) is 64.8 Å². The fraction of sp³-hybridized carbons (Fsp3) is 0.607. The van der Waals surface area contributed by atoms with Crippen LogP contribution in [0.3, 0.4) is 0 Å². The highest BCUT2D eigenvalue weighted by atomic mass is 19.4. The smallest absolute Gasteiger partial charge is 0.378 e. The number of ether oxygens (including phenoxy) is 1. The number of halogens is 3. The summed E-state index contributed by atoms with van der Waals surface area (Å²) in [5.74, 6) is -5.38. The molecule has 226 valence electrons. The minimum Gasteiger partial charge on any atom is -0.378 e. The van der Waals surface area contributed by atoms with Gasteiger partial charge in [-0.1, -0.05) is 27.7 Å². The Morgan fingerprint density at radius 3 is 1.95 bits per heavy atom. The minimum atomic E-state index is -5.12. The first kappa shape index (κ1) is 32.0. The van der Waals surface area contributed by atoms with E-state index >= 15 is 0 Å². The monoisotopic (exact) mass is 582 g/mol. The van der Waals surface area contributed by atoms with Crippen molar-refractivity contribution in [3.8, 4) is 0 Å². The fourth-order valence-corrected chi connectivity index (χ4v) is 4.89. The highest BCUT2D eigenvalue weighted by Gasteiger charge is 2.46. The van der Waals surface area contributed by atoms with Crippen LogP contribution in [0, 0.1) is 11.8 Å². The first-order chi connectivity index (χ1) is 19.2. The van der Waals surface area contributed by atoms with Gasteiger partial charge in [0.25, 0.3) is 17.6 Å². The summed E-state index contributed by atoms with van der Waals surface area (Å²) >= 11 is 0. The number of hydrogen-bond donors (Lipinski definition) is 2. The van der Waals surface area contributed by atoms with E-state index in [1.165, 1.54) is 43.0 Å². The van der Waals surface area contributed by atoms with E-state index in [1.807, 2.05) is 0 Å². The number of ketones is 1.